The molecule has 0 saturated heterocycles. The van der Waals surface area contributed by atoms with Gasteiger partial charge in [0.05, 0.1) is 12.0 Å². The molecule has 3 rings (SSSR count). The van der Waals surface area contributed by atoms with Crippen LogP contribution in [0, 0.1) is 13.8 Å². The van der Waals surface area contributed by atoms with Crippen molar-refractivity contribution in [1.82, 2.24) is 9.97 Å². The van der Waals surface area contributed by atoms with Gasteiger partial charge in [0, 0.05) is 15.7 Å². The Balaban J connectivity index is 2.12. The van der Waals surface area contributed by atoms with E-state index in [4.69, 9.17) is 27.9 Å². The van der Waals surface area contributed by atoms with Crippen molar-refractivity contribution in [3.05, 3.63) is 44.5 Å². The van der Waals surface area contributed by atoms with Crippen molar-refractivity contribution in [3.8, 4) is 0 Å². The number of hydrogen-bond donors (Lipinski definition) is 1. The quantitative estimate of drug-likeness (QED) is 0.587. The minimum atomic E-state index is -0.350. The molecular weight excluding hydrogens is 381 g/mol. The van der Waals surface area contributed by atoms with Crippen LogP contribution in [0.25, 0.3) is 10.2 Å². The number of rotatable bonds is 4. The molecule has 5 nitrogen and oxygen atoms in total. The molecule has 0 fully saturated rings. The van der Waals surface area contributed by atoms with E-state index in [9.17, 15) is 4.79 Å². The molecule has 0 aliphatic rings. The first-order valence-corrected chi connectivity index (χ1v) is 9.14. The molecule has 1 N–H and O–H groups in total. The highest BCUT2D eigenvalue weighted by atomic mass is 35.5. The van der Waals surface area contributed by atoms with Gasteiger partial charge in [-0.05, 0) is 44.5 Å². The van der Waals surface area contributed by atoms with Gasteiger partial charge in [0.15, 0.2) is 0 Å². The minimum Gasteiger partial charge on any atom is -0.462 e. The largest absolute Gasteiger partial charge is 0.462 e. The van der Waals surface area contributed by atoms with E-state index in [0.29, 0.717) is 38.9 Å². The van der Waals surface area contributed by atoms with Crippen LogP contribution in [0.3, 0.4) is 0 Å². The monoisotopic (exact) mass is 395 g/mol. The fraction of sp³-hybridized carbons (Fsp3) is 0.235. The number of carbonyl (C=O) groups excluding carboxylic acids is 1. The average molecular weight is 396 g/mol. The second kappa shape index (κ2) is 7.15. The number of aromatic nitrogens is 2. The molecule has 130 valence electrons. The zero-order valence-corrected chi connectivity index (χ0v) is 16.1. The number of thiophene rings is 1. The fourth-order valence-electron chi connectivity index (χ4n) is 2.49. The van der Waals surface area contributed by atoms with E-state index in [1.807, 2.05) is 6.92 Å². The lowest BCUT2D eigenvalue weighted by Crippen LogP contribution is -2.04. The number of esters is 1. The first kappa shape index (κ1) is 17.9. The third-order valence-corrected chi connectivity index (χ3v) is 5.09. The van der Waals surface area contributed by atoms with Crippen LogP contribution < -0.4 is 5.32 Å². The van der Waals surface area contributed by atoms with Crippen LogP contribution >= 0.6 is 34.5 Å². The van der Waals surface area contributed by atoms with Crippen molar-refractivity contribution in [3.63, 3.8) is 0 Å². The number of nitrogens with one attached hydrogen (secondary N) is 1. The number of aryl methyl sites for hydroxylation is 2. The predicted molar refractivity (Wildman–Crippen MR) is 103 cm³/mol. The lowest BCUT2D eigenvalue weighted by Gasteiger charge is -2.09. The molecular formula is C17H15Cl2N3O2S. The van der Waals surface area contributed by atoms with Crippen LogP contribution in [-0.2, 0) is 4.74 Å². The van der Waals surface area contributed by atoms with E-state index in [1.165, 1.54) is 11.3 Å². The summed E-state index contributed by atoms with van der Waals surface area (Å²) in [5, 5.41) is 5.06. The maximum Gasteiger partial charge on any atom is 0.348 e. The number of benzene rings is 1. The third kappa shape index (κ3) is 3.71. The molecule has 0 radical (unpaired) electrons. The molecule has 0 amide bonds. The summed E-state index contributed by atoms with van der Waals surface area (Å²) >= 11 is 13.4. The van der Waals surface area contributed by atoms with Gasteiger partial charge >= 0.3 is 5.97 Å². The van der Waals surface area contributed by atoms with E-state index < -0.39 is 0 Å². The first-order chi connectivity index (χ1) is 11.9. The smallest absolute Gasteiger partial charge is 0.348 e. The highest BCUT2D eigenvalue weighted by molar-refractivity contribution is 7.20. The maximum absolute atomic E-state index is 12.2. The number of anilines is 2. The van der Waals surface area contributed by atoms with Crippen molar-refractivity contribution in [2.45, 2.75) is 20.8 Å². The van der Waals surface area contributed by atoms with Crippen molar-refractivity contribution >= 4 is 62.2 Å². The molecule has 0 aliphatic heterocycles. The van der Waals surface area contributed by atoms with E-state index in [-0.39, 0.29) is 5.97 Å². The molecule has 0 unspecified atom stereocenters. The third-order valence-electron chi connectivity index (χ3n) is 3.49. The Morgan fingerprint density at radius 2 is 1.88 bits per heavy atom. The van der Waals surface area contributed by atoms with Crippen LogP contribution in [-0.4, -0.2) is 22.5 Å². The van der Waals surface area contributed by atoms with Gasteiger partial charge in [0.2, 0.25) is 0 Å². The van der Waals surface area contributed by atoms with Crippen molar-refractivity contribution in [2.24, 2.45) is 0 Å². The number of carbonyl (C=O) groups is 1. The van der Waals surface area contributed by atoms with Crippen LogP contribution in [0.1, 0.15) is 28.0 Å². The van der Waals surface area contributed by atoms with Crippen molar-refractivity contribution in [1.29, 1.82) is 0 Å². The van der Waals surface area contributed by atoms with Crippen LogP contribution in [0.4, 0.5) is 11.5 Å². The van der Waals surface area contributed by atoms with E-state index in [1.54, 1.807) is 32.0 Å². The first-order valence-electron chi connectivity index (χ1n) is 7.57. The van der Waals surface area contributed by atoms with E-state index in [0.717, 1.165) is 15.8 Å². The molecule has 25 heavy (non-hydrogen) atoms. The molecule has 8 heteroatoms. The van der Waals surface area contributed by atoms with Gasteiger partial charge in [-0.1, -0.05) is 23.2 Å². The molecule has 2 heterocycles. The van der Waals surface area contributed by atoms with Crippen molar-refractivity contribution in [2.75, 3.05) is 11.9 Å². The van der Waals surface area contributed by atoms with Gasteiger partial charge in [-0.2, -0.15) is 0 Å². The fourth-order valence-corrected chi connectivity index (χ4v) is 4.14. The summed E-state index contributed by atoms with van der Waals surface area (Å²) in [5.74, 6) is 0.849. The molecule has 0 bridgehead atoms. The molecule has 1 aromatic carbocycles. The summed E-state index contributed by atoms with van der Waals surface area (Å²) in [5.41, 5.74) is 1.49. The Bertz CT molecular complexity index is 952. The zero-order valence-electron chi connectivity index (χ0n) is 13.8. The second-order valence-electron chi connectivity index (χ2n) is 5.36. The van der Waals surface area contributed by atoms with Crippen molar-refractivity contribution < 1.29 is 9.53 Å². The Kier molecular flexibility index (Phi) is 5.13. The molecule has 0 atom stereocenters. The van der Waals surface area contributed by atoms with Crippen LogP contribution in [0.15, 0.2) is 18.2 Å². The molecule has 2 aromatic heterocycles. The Labute approximate surface area is 159 Å². The van der Waals surface area contributed by atoms with Gasteiger partial charge < -0.3 is 10.1 Å². The van der Waals surface area contributed by atoms with Crippen LogP contribution in [0.5, 0.6) is 0 Å². The summed E-state index contributed by atoms with van der Waals surface area (Å²) in [7, 11) is 0. The topological polar surface area (TPSA) is 64.1 Å². The van der Waals surface area contributed by atoms with E-state index >= 15 is 0 Å². The number of fused-ring (bicyclic) bond motifs is 1. The van der Waals surface area contributed by atoms with Gasteiger partial charge in [0.25, 0.3) is 0 Å². The minimum absolute atomic E-state index is 0.323. The number of ether oxygens (including phenoxy) is 1. The SMILES string of the molecule is CCOC(=O)c1sc2nc(C)nc(Nc3cc(Cl)cc(Cl)c3)c2c1C. The summed E-state index contributed by atoms with van der Waals surface area (Å²) in [6.07, 6.45) is 0. The van der Waals surface area contributed by atoms with Gasteiger partial charge in [-0.15, -0.1) is 11.3 Å². The number of halogens is 2. The van der Waals surface area contributed by atoms with Gasteiger partial charge in [0.1, 0.15) is 21.3 Å². The van der Waals surface area contributed by atoms with Gasteiger partial charge in [-0.3, -0.25) is 0 Å². The highest BCUT2D eigenvalue weighted by Gasteiger charge is 2.21. The molecule has 0 saturated carbocycles. The summed E-state index contributed by atoms with van der Waals surface area (Å²) in [4.78, 5) is 22.3. The molecule has 3 aromatic rings. The second-order valence-corrected chi connectivity index (χ2v) is 7.23. The molecule has 0 spiro atoms. The Hall–Kier alpha value is -1.89. The zero-order chi connectivity index (χ0) is 18.1. The number of nitrogens with zero attached hydrogens (tertiary/aromatic N) is 2. The Morgan fingerprint density at radius 3 is 2.52 bits per heavy atom. The predicted octanol–water partition coefficient (Wildman–Crippen LogP) is 5.54. The van der Waals surface area contributed by atoms with Crippen LogP contribution in [0.2, 0.25) is 10.0 Å². The molecule has 0 aliphatic carbocycles. The number of hydrogen-bond acceptors (Lipinski definition) is 6. The van der Waals surface area contributed by atoms with Gasteiger partial charge in [-0.25, -0.2) is 14.8 Å². The lowest BCUT2D eigenvalue weighted by molar-refractivity contribution is 0.0531. The highest BCUT2D eigenvalue weighted by Crippen LogP contribution is 2.36. The average Bonchev–Trinajstić information content (AvgIpc) is 2.83. The summed E-state index contributed by atoms with van der Waals surface area (Å²) in [6.45, 7) is 5.76. The summed E-state index contributed by atoms with van der Waals surface area (Å²) < 4.78 is 5.13. The standard InChI is InChI=1S/C17H15Cl2N3O2S/c1-4-24-17(23)14-8(2)13-15(20-9(3)21-16(13)25-14)22-12-6-10(18)5-11(19)7-12/h5-7H,4H2,1-3H3,(H,20,21,22). The lowest BCUT2D eigenvalue weighted by atomic mass is 10.2. The van der Waals surface area contributed by atoms with E-state index in [2.05, 4.69) is 15.3 Å². The maximum atomic E-state index is 12.2. The normalized spacial score (nSPS) is 10.9. The Morgan fingerprint density at radius 1 is 1.20 bits per heavy atom. The summed E-state index contributed by atoms with van der Waals surface area (Å²) in [6, 6.07) is 5.17.